The van der Waals surface area contributed by atoms with Crippen LogP contribution in [0, 0.1) is 11.6 Å². The van der Waals surface area contributed by atoms with Crippen LogP contribution in [0.15, 0.2) is 60.4 Å². The molecule has 1 heterocycles. The Bertz CT molecular complexity index is 1200. The lowest BCUT2D eigenvalue weighted by molar-refractivity contribution is 0.0562. The number of allylic oxidation sites excluding steroid dienone is 2. The van der Waals surface area contributed by atoms with Crippen molar-refractivity contribution in [3.8, 4) is 0 Å². The first-order valence-electron chi connectivity index (χ1n) is 11.6. The van der Waals surface area contributed by atoms with E-state index in [-0.39, 0.29) is 59.7 Å². The normalized spacial score (nSPS) is 25.9. The summed E-state index contributed by atoms with van der Waals surface area (Å²) in [6.07, 6.45) is 3.85. The van der Waals surface area contributed by atoms with Crippen molar-refractivity contribution in [2.75, 3.05) is 6.54 Å². The maximum atomic E-state index is 14.6. The molecule has 0 unspecified atom stereocenters. The Labute approximate surface area is 207 Å². The van der Waals surface area contributed by atoms with Gasteiger partial charge in [-0.05, 0) is 56.0 Å². The lowest BCUT2D eigenvalue weighted by atomic mass is 9.65. The predicted molar refractivity (Wildman–Crippen MR) is 131 cm³/mol. The summed E-state index contributed by atoms with van der Waals surface area (Å²) in [6.45, 7) is 3.81. The molecular weight excluding hydrogens is 471 g/mol. The zero-order chi connectivity index (χ0) is 25.9. The van der Waals surface area contributed by atoms with Gasteiger partial charge in [-0.3, -0.25) is 9.78 Å². The number of aliphatic hydroxyl groups excluding tert-OH is 1. The van der Waals surface area contributed by atoms with Crippen LogP contribution in [0.3, 0.4) is 0 Å². The molecule has 0 atom stereocenters. The minimum absolute atomic E-state index is 0.0368. The van der Waals surface area contributed by atoms with Crippen LogP contribution in [0.2, 0.25) is 0 Å². The zero-order valence-corrected chi connectivity index (χ0v) is 19.6. The number of nitrogens with zero attached hydrogens (tertiary/aromatic N) is 2. The van der Waals surface area contributed by atoms with Crippen molar-refractivity contribution in [1.82, 2.24) is 15.6 Å². The Morgan fingerprint density at radius 1 is 1.28 bits per heavy atom. The van der Waals surface area contributed by atoms with Crippen LogP contribution in [0.5, 0.6) is 0 Å². The molecule has 4 rings (SSSR count). The van der Waals surface area contributed by atoms with Gasteiger partial charge in [0.2, 0.25) is 0 Å². The highest BCUT2D eigenvalue weighted by atomic mass is 19.1. The van der Waals surface area contributed by atoms with Crippen LogP contribution in [-0.2, 0) is 5.41 Å². The van der Waals surface area contributed by atoms with E-state index in [1.807, 2.05) is 0 Å². The fraction of sp³-hybridized carbons (Fsp3) is 0.346. The standard InChI is InChI=1S/C26H28F3N5O2/c1-2-15(20-8-16(5-6-21(20)28)24(36)34-18-9-19(35)10-18)13-32-25(30)33-14-26(11-17(27)12-26)23-22(29)4-3-7-31-23/h2-8,13,17-19,35H,1,9-12,14H2,(H,34,36)(H3,30,32,33)/b15-13+/t17-,18?,19?,26-. The first-order valence-corrected chi connectivity index (χ1v) is 11.6. The molecule has 10 heteroatoms. The van der Waals surface area contributed by atoms with Crippen molar-refractivity contribution in [3.63, 3.8) is 0 Å². The van der Waals surface area contributed by atoms with Gasteiger partial charge in [0.25, 0.3) is 5.91 Å². The minimum Gasteiger partial charge on any atom is -0.393 e. The number of aliphatic hydroxyl groups is 1. The van der Waals surface area contributed by atoms with Crippen molar-refractivity contribution in [1.29, 1.82) is 0 Å². The molecule has 0 bridgehead atoms. The fourth-order valence-corrected chi connectivity index (χ4v) is 4.52. The number of carbonyl (C=O) groups excluding carboxylic acids is 1. The van der Waals surface area contributed by atoms with Crippen molar-refractivity contribution in [2.24, 2.45) is 10.7 Å². The molecule has 1 amide bonds. The van der Waals surface area contributed by atoms with E-state index in [9.17, 15) is 23.1 Å². The van der Waals surface area contributed by atoms with Crippen molar-refractivity contribution in [3.05, 3.63) is 83.8 Å². The molecule has 2 aliphatic carbocycles. The number of carbonyl (C=O) groups is 1. The van der Waals surface area contributed by atoms with Crippen LogP contribution < -0.4 is 16.4 Å². The maximum Gasteiger partial charge on any atom is 0.251 e. The van der Waals surface area contributed by atoms with Crippen LogP contribution in [0.1, 0.15) is 47.3 Å². The van der Waals surface area contributed by atoms with Gasteiger partial charge in [0.1, 0.15) is 17.8 Å². The Hall–Kier alpha value is -3.66. The molecule has 0 radical (unpaired) electrons. The molecule has 7 nitrogen and oxygen atoms in total. The molecule has 0 spiro atoms. The van der Waals surface area contributed by atoms with Gasteiger partial charge >= 0.3 is 0 Å². The number of hydrogen-bond donors (Lipinski definition) is 4. The zero-order valence-electron chi connectivity index (χ0n) is 19.6. The third kappa shape index (κ3) is 5.43. The molecule has 2 aliphatic rings. The van der Waals surface area contributed by atoms with Gasteiger partial charge in [0.15, 0.2) is 5.96 Å². The summed E-state index contributed by atoms with van der Waals surface area (Å²) in [6, 6.07) is 6.58. The molecule has 2 aromatic rings. The molecule has 36 heavy (non-hydrogen) atoms. The number of aromatic nitrogens is 1. The summed E-state index contributed by atoms with van der Waals surface area (Å²) < 4.78 is 42.6. The van der Waals surface area contributed by atoms with Gasteiger partial charge in [0.05, 0.1) is 11.8 Å². The number of rotatable bonds is 8. The van der Waals surface area contributed by atoms with Gasteiger partial charge in [-0.2, -0.15) is 0 Å². The predicted octanol–water partition coefficient (Wildman–Crippen LogP) is 3.11. The van der Waals surface area contributed by atoms with Gasteiger partial charge in [-0.25, -0.2) is 18.2 Å². The number of guanidine groups is 1. The van der Waals surface area contributed by atoms with Crippen LogP contribution in [-0.4, -0.2) is 46.8 Å². The molecule has 0 aliphatic heterocycles. The van der Waals surface area contributed by atoms with E-state index in [4.69, 9.17) is 5.73 Å². The number of nitrogens with two attached hydrogens (primary N) is 1. The number of nitrogens with one attached hydrogen (secondary N) is 2. The topological polar surface area (TPSA) is 113 Å². The SMILES string of the molecule is C=C/C(=C\N=C(/N)NC[C@]1(c2ncccc2F)C[C@H](F)C1)c1cc(C(=O)NC2CC(O)C2)ccc1F. The quantitative estimate of drug-likeness (QED) is 0.253. The van der Waals surface area contributed by atoms with Crippen molar-refractivity contribution >= 4 is 17.4 Å². The first kappa shape index (κ1) is 25.4. The average molecular weight is 500 g/mol. The second kappa shape index (κ2) is 10.5. The summed E-state index contributed by atoms with van der Waals surface area (Å²) in [4.78, 5) is 20.7. The average Bonchev–Trinajstić information content (AvgIpc) is 2.81. The molecule has 1 aromatic heterocycles. The Morgan fingerprint density at radius 3 is 2.67 bits per heavy atom. The summed E-state index contributed by atoms with van der Waals surface area (Å²) >= 11 is 0. The third-order valence-electron chi connectivity index (χ3n) is 6.64. The summed E-state index contributed by atoms with van der Waals surface area (Å²) in [7, 11) is 0. The van der Waals surface area contributed by atoms with Crippen LogP contribution in [0.25, 0.3) is 5.57 Å². The van der Waals surface area contributed by atoms with E-state index in [0.29, 0.717) is 12.8 Å². The largest absolute Gasteiger partial charge is 0.393 e. The highest BCUT2D eigenvalue weighted by Gasteiger charge is 2.48. The highest BCUT2D eigenvalue weighted by molar-refractivity contribution is 5.95. The molecule has 0 saturated heterocycles. The number of pyridine rings is 1. The number of alkyl halides is 1. The number of hydrogen-bond acceptors (Lipinski definition) is 4. The molecule has 2 fully saturated rings. The van der Waals surface area contributed by atoms with Crippen LogP contribution in [0.4, 0.5) is 13.2 Å². The van der Waals surface area contributed by atoms with E-state index in [2.05, 4.69) is 27.2 Å². The third-order valence-corrected chi connectivity index (χ3v) is 6.64. The Balaban J connectivity index is 1.47. The number of benzene rings is 1. The molecule has 5 N–H and O–H groups in total. The van der Waals surface area contributed by atoms with Crippen LogP contribution >= 0.6 is 0 Å². The summed E-state index contributed by atoms with van der Waals surface area (Å²) in [5, 5.41) is 15.1. The maximum absolute atomic E-state index is 14.6. The number of aliphatic imine (C=N–C) groups is 1. The second-order valence-electron chi connectivity index (χ2n) is 9.27. The molecule has 2 saturated carbocycles. The minimum atomic E-state index is -1.06. The summed E-state index contributed by atoms with van der Waals surface area (Å²) in [5.41, 5.74) is 5.94. The Kier molecular flexibility index (Phi) is 7.44. The highest BCUT2D eigenvalue weighted by Crippen LogP contribution is 2.45. The van der Waals surface area contributed by atoms with Crippen molar-refractivity contribution in [2.45, 2.75) is 49.4 Å². The van der Waals surface area contributed by atoms with E-state index >= 15 is 0 Å². The lowest BCUT2D eigenvalue weighted by Crippen LogP contribution is -2.52. The van der Waals surface area contributed by atoms with E-state index < -0.39 is 29.3 Å². The van der Waals surface area contributed by atoms with Gasteiger partial charge in [0, 0.05) is 47.1 Å². The van der Waals surface area contributed by atoms with Gasteiger partial charge < -0.3 is 21.5 Å². The van der Waals surface area contributed by atoms with Gasteiger partial charge in [-0.1, -0.05) is 12.7 Å². The van der Waals surface area contributed by atoms with Gasteiger partial charge in [-0.15, -0.1) is 0 Å². The molecule has 1 aromatic carbocycles. The number of halogens is 3. The van der Waals surface area contributed by atoms with E-state index in [0.717, 1.165) is 0 Å². The molecule has 190 valence electrons. The first-order chi connectivity index (χ1) is 17.2. The Morgan fingerprint density at radius 2 is 2.03 bits per heavy atom. The number of amides is 1. The second-order valence-corrected chi connectivity index (χ2v) is 9.27. The molecular formula is C26H28F3N5O2. The van der Waals surface area contributed by atoms with E-state index in [1.54, 1.807) is 0 Å². The fourth-order valence-electron chi connectivity index (χ4n) is 4.52. The van der Waals surface area contributed by atoms with Crippen molar-refractivity contribution < 1.29 is 23.1 Å². The summed E-state index contributed by atoms with van der Waals surface area (Å²) in [5.74, 6) is -1.50. The monoisotopic (exact) mass is 499 g/mol. The smallest absolute Gasteiger partial charge is 0.251 e. The van der Waals surface area contributed by atoms with E-state index in [1.165, 1.54) is 48.8 Å². The lowest BCUT2D eigenvalue weighted by Gasteiger charge is -2.43.